The summed E-state index contributed by atoms with van der Waals surface area (Å²) in [6.07, 6.45) is 2.04. The number of benzene rings is 1. The third-order valence-electron chi connectivity index (χ3n) is 3.50. The van der Waals surface area contributed by atoms with Crippen LogP contribution in [0.25, 0.3) is 10.9 Å². The fourth-order valence-corrected chi connectivity index (χ4v) is 2.43. The van der Waals surface area contributed by atoms with Gasteiger partial charge in [0.25, 0.3) is 5.56 Å². The van der Waals surface area contributed by atoms with Crippen LogP contribution in [0.1, 0.15) is 24.4 Å². The lowest BCUT2D eigenvalue weighted by atomic mass is 10.1. The molecule has 0 radical (unpaired) electrons. The Morgan fingerprint density at radius 1 is 1.43 bits per heavy atom. The maximum Gasteiger partial charge on any atom is 0.264 e. The van der Waals surface area contributed by atoms with E-state index in [0.717, 1.165) is 11.4 Å². The molecule has 0 aliphatic rings. The van der Waals surface area contributed by atoms with Gasteiger partial charge in [-0.2, -0.15) is 5.10 Å². The fraction of sp³-hybridized carbons (Fsp3) is 0.267. The van der Waals surface area contributed by atoms with Crippen molar-refractivity contribution in [2.24, 2.45) is 0 Å². The summed E-state index contributed by atoms with van der Waals surface area (Å²) in [7, 11) is 0. The minimum absolute atomic E-state index is 0.0325. The summed E-state index contributed by atoms with van der Waals surface area (Å²) in [6, 6.07) is 6.22. The molecule has 6 heteroatoms. The van der Waals surface area contributed by atoms with Crippen LogP contribution in [0.15, 0.2) is 35.4 Å². The van der Waals surface area contributed by atoms with Crippen molar-refractivity contribution < 1.29 is 4.39 Å². The molecule has 108 valence electrons. The van der Waals surface area contributed by atoms with Crippen molar-refractivity contribution in [3.05, 3.63) is 58.2 Å². The van der Waals surface area contributed by atoms with Crippen LogP contribution < -0.4 is 5.56 Å². The summed E-state index contributed by atoms with van der Waals surface area (Å²) in [5.74, 6) is -0.540. The quantitative estimate of drug-likeness (QED) is 0.804. The van der Waals surface area contributed by atoms with Gasteiger partial charge in [-0.15, -0.1) is 0 Å². The molecule has 2 heterocycles. The van der Waals surface area contributed by atoms with Crippen LogP contribution >= 0.6 is 0 Å². The highest BCUT2D eigenvalue weighted by Gasteiger charge is 2.14. The normalized spacial score (nSPS) is 12.7. The third kappa shape index (κ3) is 2.44. The predicted octanol–water partition coefficient (Wildman–Crippen LogP) is 2.37. The van der Waals surface area contributed by atoms with Gasteiger partial charge in [0, 0.05) is 18.2 Å². The number of rotatable bonds is 3. The van der Waals surface area contributed by atoms with Gasteiger partial charge in [0.15, 0.2) is 0 Å². The summed E-state index contributed by atoms with van der Waals surface area (Å²) >= 11 is 0. The summed E-state index contributed by atoms with van der Waals surface area (Å²) in [5.41, 5.74) is 1.84. The molecule has 5 nitrogen and oxygen atoms in total. The Balaban J connectivity index is 2.02. The first-order valence-electron chi connectivity index (χ1n) is 6.72. The van der Waals surface area contributed by atoms with Crippen molar-refractivity contribution in [2.45, 2.75) is 26.3 Å². The molecule has 1 N–H and O–H groups in total. The van der Waals surface area contributed by atoms with Gasteiger partial charge in [-0.25, -0.2) is 9.37 Å². The maximum absolute atomic E-state index is 13.9. The second kappa shape index (κ2) is 5.12. The summed E-state index contributed by atoms with van der Waals surface area (Å²) in [4.78, 5) is 16.6. The second-order valence-corrected chi connectivity index (χ2v) is 5.19. The number of aromatic amines is 1. The SMILES string of the molecule is Cc1cc(C[C@H](C)n2cnc3cccc(F)c3c2=O)n[nH]1. The van der Waals surface area contributed by atoms with E-state index in [1.165, 1.54) is 17.0 Å². The zero-order chi connectivity index (χ0) is 15.0. The molecule has 0 spiro atoms. The van der Waals surface area contributed by atoms with E-state index in [4.69, 9.17) is 0 Å². The monoisotopic (exact) mass is 286 g/mol. The van der Waals surface area contributed by atoms with Crippen molar-refractivity contribution in [3.8, 4) is 0 Å². The summed E-state index contributed by atoms with van der Waals surface area (Å²) in [5, 5.41) is 7.05. The lowest BCUT2D eigenvalue weighted by Gasteiger charge is -2.14. The standard InChI is InChI=1S/C15H15FN4O/c1-9-6-11(19-18-9)7-10(2)20-8-17-13-5-3-4-12(16)14(13)15(20)21/h3-6,8,10H,7H2,1-2H3,(H,18,19)/t10-/m0/s1. The molecule has 0 bridgehead atoms. The largest absolute Gasteiger partial charge is 0.295 e. The van der Waals surface area contributed by atoms with E-state index in [-0.39, 0.29) is 17.0 Å². The third-order valence-corrected chi connectivity index (χ3v) is 3.50. The molecule has 1 aromatic carbocycles. The van der Waals surface area contributed by atoms with Crippen LogP contribution in [-0.4, -0.2) is 19.7 Å². The number of fused-ring (bicyclic) bond motifs is 1. The topological polar surface area (TPSA) is 63.6 Å². The summed E-state index contributed by atoms with van der Waals surface area (Å²) < 4.78 is 15.3. The first-order chi connectivity index (χ1) is 10.1. The highest BCUT2D eigenvalue weighted by atomic mass is 19.1. The molecule has 0 saturated heterocycles. The van der Waals surface area contributed by atoms with Crippen LogP contribution in [0, 0.1) is 12.7 Å². The fourth-order valence-electron chi connectivity index (χ4n) is 2.43. The van der Waals surface area contributed by atoms with Crippen molar-refractivity contribution in [2.75, 3.05) is 0 Å². The van der Waals surface area contributed by atoms with Crippen LogP contribution in [0.5, 0.6) is 0 Å². The van der Waals surface area contributed by atoms with E-state index >= 15 is 0 Å². The smallest absolute Gasteiger partial charge is 0.264 e. The Labute approximate surface area is 120 Å². The molecule has 0 aliphatic heterocycles. The van der Waals surface area contributed by atoms with Gasteiger partial charge < -0.3 is 0 Å². The van der Waals surface area contributed by atoms with Gasteiger partial charge in [-0.3, -0.25) is 14.5 Å². The molecule has 0 fully saturated rings. The first-order valence-corrected chi connectivity index (χ1v) is 6.72. The number of nitrogens with one attached hydrogen (secondary N) is 1. The molecule has 2 aromatic heterocycles. The van der Waals surface area contributed by atoms with Crippen LogP contribution in [0.2, 0.25) is 0 Å². The van der Waals surface area contributed by atoms with Crippen LogP contribution in [0.3, 0.4) is 0 Å². The minimum Gasteiger partial charge on any atom is -0.295 e. The Bertz CT molecular complexity index is 852. The van der Waals surface area contributed by atoms with Crippen molar-refractivity contribution in [1.29, 1.82) is 0 Å². The van der Waals surface area contributed by atoms with Crippen molar-refractivity contribution in [3.63, 3.8) is 0 Å². The number of nitrogens with zero attached hydrogens (tertiary/aromatic N) is 3. The Morgan fingerprint density at radius 3 is 2.95 bits per heavy atom. The number of hydrogen-bond donors (Lipinski definition) is 1. The van der Waals surface area contributed by atoms with Gasteiger partial charge in [0.1, 0.15) is 11.2 Å². The minimum atomic E-state index is -0.540. The molecule has 0 unspecified atom stereocenters. The molecule has 3 aromatic rings. The van der Waals surface area contributed by atoms with Crippen LogP contribution in [0.4, 0.5) is 4.39 Å². The molecule has 3 rings (SSSR count). The predicted molar refractivity (Wildman–Crippen MR) is 77.7 cm³/mol. The molecule has 0 amide bonds. The zero-order valence-corrected chi connectivity index (χ0v) is 11.8. The number of aryl methyl sites for hydroxylation is 1. The van der Waals surface area contributed by atoms with E-state index in [2.05, 4.69) is 15.2 Å². The maximum atomic E-state index is 13.9. The average Bonchev–Trinajstić information content (AvgIpc) is 2.84. The Kier molecular flexibility index (Phi) is 3.29. The van der Waals surface area contributed by atoms with Crippen LogP contribution in [-0.2, 0) is 6.42 Å². The molecule has 0 saturated carbocycles. The van der Waals surface area contributed by atoms with E-state index in [1.807, 2.05) is 19.9 Å². The van der Waals surface area contributed by atoms with E-state index in [0.29, 0.717) is 11.9 Å². The van der Waals surface area contributed by atoms with E-state index in [9.17, 15) is 9.18 Å². The highest BCUT2D eigenvalue weighted by molar-refractivity contribution is 5.77. The zero-order valence-electron chi connectivity index (χ0n) is 11.8. The molecule has 21 heavy (non-hydrogen) atoms. The Hall–Kier alpha value is -2.50. The molecule has 0 aliphatic carbocycles. The second-order valence-electron chi connectivity index (χ2n) is 5.19. The lowest BCUT2D eigenvalue weighted by Crippen LogP contribution is -2.25. The number of halogens is 1. The van der Waals surface area contributed by atoms with Gasteiger partial charge in [0.05, 0.1) is 17.5 Å². The molecule has 1 atom stereocenters. The number of H-pyrrole nitrogens is 1. The summed E-state index contributed by atoms with van der Waals surface area (Å²) in [6.45, 7) is 3.81. The van der Waals surface area contributed by atoms with Crippen molar-refractivity contribution in [1.82, 2.24) is 19.7 Å². The Morgan fingerprint density at radius 2 is 2.24 bits per heavy atom. The van der Waals surface area contributed by atoms with Gasteiger partial charge >= 0.3 is 0 Å². The molecular weight excluding hydrogens is 271 g/mol. The van der Waals surface area contributed by atoms with Gasteiger partial charge in [-0.1, -0.05) is 6.07 Å². The molecular formula is C15H15FN4O. The number of hydrogen-bond acceptors (Lipinski definition) is 3. The van der Waals surface area contributed by atoms with E-state index < -0.39 is 5.82 Å². The van der Waals surface area contributed by atoms with Gasteiger partial charge in [0.2, 0.25) is 0 Å². The first kappa shape index (κ1) is 13.5. The highest BCUT2D eigenvalue weighted by Crippen LogP contribution is 2.15. The van der Waals surface area contributed by atoms with E-state index in [1.54, 1.807) is 12.1 Å². The lowest BCUT2D eigenvalue weighted by molar-refractivity contribution is 0.515. The number of aromatic nitrogens is 4. The average molecular weight is 286 g/mol. The van der Waals surface area contributed by atoms with Gasteiger partial charge in [-0.05, 0) is 32.0 Å². The van der Waals surface area contributed by atoms with Crippen molar-refractivity contribution >= 4 is 10.9 Å².